The summed E-state index contributed by atoms with van der Waals surface area (Å²) in [6, 6.07) is 20.6. The molecule has 0 atom stereocenters. The molecule has 3 aromatic heterocycles. The maximum absolute atomic E-state index is 13.2. The fourth-order valence-corrected chi connectivity index (χ4v) is 8.99. The van der Waals surface area contributed by atoms with Gasteiger partial charge in [-0.05, 0) is 0 Å². The number of anilines is 3. The molecule has 0 saturated heterocycles. The van der Waals surface area contributed by atoms with Gasteiger partial charge in [0.1, 0.15) is 0 Å². The van der Waals surface area contributed by atoms with Crippen molar-refractivity contribution in [3.8, 4) is 0 Å². The molecule has 0 spiro atoms. The van der Waals surface area contributed by atoms with Crippen LogP contribution in [0.5, 0.6) is 0 Å². The van der Waals surface area contributed by atoms with E-state index in [0.29, 0.717) is 25.6 Å². The molecule has 1 aliphatic heterocycles. The van der Waals surface area contributed by atoms with Gasteiger partial charge in [-0.15, -0.1) is 0 Å². The Hall–Kier alpha value is -3.27. The predicted molar refractivity (Wildman–Crippen MR) is 146 cm³/mol. The number of hydrogen-bond donors (Lipinski definition) is 0. The first-order valence-corrected chi connectivity index (χ1v) is 15.4. The number of aromatic nitrogens is 1. The molecule has 0 N–H and O–H groups in total. The van der Waals surface area contributed by atoms with Crippen molar-refractivity contribution >= 4 is 73.5 Å². The van der Waals surface area contributed by atoms with Crippen molar-refractivity contribution in [1.29, 1.82) is 0 Å². The number of carbonyl (C=O) groups excluding carboxylic acids is 2. The molecule has 0 bridgehead atoms. The molecule has 5 aromatic rings. The first kappa shape index (κ1) is 22.0. The molecule has 2 aromatic carbocycles. The summed E-state index contributed by atoms with van der Waals surface area (Å²) in [5.74, 6) is 0.626. The van der Waals surface area contributed by atoms with E-state index in [9.17, 15) is 9.59 Å². The van der Waals surface area contributed by atoms with Gasteiger partial charge in [-0.25, -0.2) is 0 Å². The molecule has 36 heavy (non-hydrogen) atoms. The van der Waals surface area contributed by atoms with Crippen molar-refractivity contribution in [2.45, 2.75) is 19.3 Å². The van der Waals surface area contributed by atoms with Gasteiger partial charge >= 0.3 is 221 Å². The molecule has 174 valence electrons. The fraction of sp³-hybridized carbons (Fsp3) is 0.100. The number of allylic oxidation sites excluding steroid dienone is 1. The Labute approximate surface area is 220 Å². The van der Waals surface area contributed by atoms with Crippen LogP contribution in [-0.2, 0) is 5.41 Å². The molecule has 7 rings (SSSR count). The summed E-state index contributed by atoms with van der Waals surface area (Å²) in [5, 5.41) is 2.14. The third-order valence-corrected chi connectivity index (χ3v) is 11.0. The Morgan fingerprint density at radius 2 is 1.56 bits per heavy atom. The molecule has 0 unspecified atom stereocenters. The number of pyridine rings is 1. The second kappa shape index (κ2) is 7.86. The summed E-state index contributed by atoms with van der Waals surface area (Å²) in [6.45, 7) is 4.49. The van der Waals surface area contributed by atoms with E-state index >= 15 is 0 Å². The van der Waals surface area contributed by atoms with E-state index in [-0.39, 0.29) is 37.1 Å². The minimum absolute atomic E-state index is 0.0858. The second-order valence-corrected chi connectivity index (χ2v) is 13.5. The average molecular weight is 598 g/mol. The van der Waals surface area contributed by atoms with Crippen LogP contribution in [0.1, 0.15) is 50.1 Å². The molecular weight excluding hydrogens is 578 g/mol. The topological polar surface area (TPSA) is 50.3 Å². The number of carbonyl (C=O) groups is 2. The molecule has 0 amide bonds. The van der Waals surface area contributed by atoms with Crippen LogP contribution in [0.4, 0.5) is 16.1 Å². The van der Waals surface area contributed by atoms with Crippen molar-refractivity contribution in [1.82, 2.24) is 4.98 Å². The van der Waals surface area contributed by atoms with Crippen molar-refractivity contribution < 1.29 is 9.59 Å². The van der Waals surface area contributed by atoms with E-state index in [2.05, 4.69) is 65.0 Å². The van der Waals surface area contributed by atoms with Crippen LogP contribution in [0.3, 0.4) is 0 Å². The SMILES string of the molecule is CC1(C)c2ccccc2N(c2ccc(C=C3C(=O)c4cc5c[se]cc5cc4C3=O)[se]2)c2ncccc21. The molecule has 6 heteroatoms. The van der Waals surface area contributed by atoms with E-state index < -0.39 is 0 Å². The maximum atomic E-state index is 13.2. The van der Waals surface area contributed by atoms with Gasteiger partial charge in [0.25, 0.3) is 0 Å². The number of benzene rings is 2. The number of nitrogens with zero attached hydrogens (tertiary/aromatic N) is 2. The van der Waals surface area contributed by atoms with Crippen LogP contribution in [0.15, 0.2) is 82.3 Å². The summed E-state index contributed by atoms with van der Waals surface area (Å²) in [6.07, 6.45) is 3.66. The first-order valence-electron chi connectivity index (χ1n) is 11.7. The van der Waals surface area contributed by atoms with E-state index in [4.69, 9.17) is 4.98 Å². The summed E-state index contributed by atoms with van der Waals surface area (Å²) >= 11 is 0.217. The summed E-state index contributed by atoms with van der Waals surface area (Å²) in [7, 11) is 0. The molecule has 0 radical (unpaired) electrons. The third-order valence-electron chi connectivity index (χ3n) is 7.20. The molecule has 2 aliphatic rings. The number of rotatable bonds is 2. The Bertz CT molecular complexity index is 1670. The zero-order valence-electron chi connectivity index (χ0n) is 19.6. The number of Topliss-reactive ketones (excluding diaryl/α,β-unsaturated/α-hetero) is 2. The predicted octanol–water partition coefficient (Wildman–Crippen LogP) is 5.92. The zero-order valence-corrected chi connectivity index (χ0v) is 23.0. The quantitative estimate of drug-likeness (QED) is 0.144. The zero-order chi connectivity index (χ0) is 24.6. The Morgan fingerprint density at radius 3 is 2.31 bits per heavy atom. The van der Waals surface area contributed by atoms with Gasteiger partial charge < -0.3 is 0 Å². The van der Waals surface area contributed by atoms with Gasteiger partial charge in [-0.3, -0.25) is 0 Å². The van der Waals surface area contributed by atoms with Gasteiger partial charge in [0.15, 0.2) is 0 Å². The minimum atomic E-state index is -0.161. The van der Waals surface area contributed by atoms with Crippen LogP contribution >= 0.6 is 0 Å². The van der Waals surface area contributed by atoms with Crippen LogP contribution in [0.2, 0.25) is 0 Å². The summed E-state index contributed by atoms with van der Waals surface area (Å²) in [4.78, 5) is 37.8. The standard InChI is InChI=1S/C30H20N2O2Se2/c1-30(2)23-6-3-4-8-25(23)32(29-24(30)7-5-11-31-29)26-10-9-19(36-26)14-22-27(33)20-12-17-15-35-16-18(17)13-21(20)28(22)34/h3-16H,1-2H3. The molecule has 4 heterocycles. The average Bonchev–Trinajstić information content (AvgIpc) is 3.59. The van der Waals surface area contributed by atoms with Crippen molar-refractivity contribution in [2.75, 3.05) is 4.90 Å². The number of fused-ring (bicyclic) bond motifs is 4. The van der Waals surface area contributed by atoms with E-state index in [1.165, 1.54) is 11.1 Å². The number of para-hydroxylation sites is 1. The molecule has 0 fully saturated rings. The van der Waals surface area contributed by atoms with Gasteiger partial charge in [-0.2, -0.15) is 0 Å². The van der Waals surface area contributed by atoms with Gasteiger partial charge in [-0.1, -0.05) is 0 Å². The normalized spacial score (nSPS) is 15.7. The van der Waals surface area contributed by atoms with Gasteiger partial charge in [0.2, 0.25) is 0 Å². The fourth-order valence-electron chi connectivity index (χ4n) is 5.34. The summed E-state index contributed by atoms with van der Waals surface area (Å²) < 4.78 is 2.15. The Balaban J connectivity index is 1.32. The molecule has 4 nitrogen and oxygen atoms in total. The molecule has 0 saturated carbocycles. The van der Waals surface area contributed by atoms with E-state index in [1.807, 2.05) is 36.5 Å². The first-order chi connectivity index (χ1) is 17.4. The molecule has 1 aliphatic carbocycles. The number of hydrogen-bond acceptors (Lipinski definition) is 4. The van der Waals surface area contributed by atoms with Gasteiger partial charge in [0.05, 0.1) is 0 Å². The second-order valence-electron chi connectivity index (χ2n) is 9.64. The number of ketones is 2. The summed E-state index contributed by atoms with van der Waals surface area (Å²) in [5.41, 5.74) is 4.77. The van der Waals surface area contributed by atoms with E-state index in [0.717, 1.165) is 31.3 Å². The Morgan fingerprint density at radius 1 is 0.861 bits per heavy atom. The van der Waals surface area contributed by atoms with Gasteiger partial charge in [0, 0.05) is 0 Å². The van der Waals surface area contributed by atoms with Crippen LogP contribution in [0.25, 0.3) is 16.8 Å². The van der Waals surface area contributed by atoms with E-state index in [1.54, 1.807) is 0 Å². The third kappa shape index (κ3) is 3.09. The van der Waals surface area contributed by atoms with Crippen molar-refractivity contribution in [3.63, 3.8) is 0 Å². The van der Waals surface area contributed by atoms with Crippen molar-refractivity contribution in [3.05, 3.63) is 109 Å². The Kier molecular flexibility index (Phi) is 4.80. The van der Waals surface area contributed by atoms with Crippen LogP contribution in [-0.4, -0.2) is 45.6 Å². The van der Waals surface area contributed by atoms with Crippen LogP contribution < -0.4 is 4.90 Å². The van der Waals surface area contributed by atoms with Crippen LogP contribution in [0, 0.1) is 0 Å². The monoisotopic (exact) mass is 600 g/mol. The van der Waals surface area contributed by atoms with Crippen molar-refractivity contribution in [2.24, 2.45) is 0 Å². The molecular formula is C30H20N2O2Se2.